The predicted molar refractivity (Wildman–Crippen MR) is 85.6 cm³/mol. The summed E-state index contributed by atoms with van der Waals surface area (Å²) in [5, 5.41) is 2.82. The van der Waals surface area contributed by atoms with Gasteiger partial charge in [0.2, 0.25) is 0 Å². The van der Waals surface area contributed by atoms with E-state index >= 15 is 0 Å². The number of carbonyl (C=O) groups excluding carboxylic acids is 2. The van der Waals surface area contributed by atoms with Gasteiger partial charge < -0.3 is 5.32 Å². The number of likely N-dealkylation sites (tertiary alicyclic amines) is 1. The molecule has 0 aromatic carbocycles. The molecule has 3 rings (SSSR count). The number of hydrogen-bond donors (Lipinski definition) is 1. The number of amides is 3. The molecular formula is C17H26F3N3O2. The fourth-order valence-corrected chi connectivity index (χ4v) is 4.45. The summed E-state index contributed by atoms with van der Waals surface area (Å²) in [5.41, 5.74) is -0.920. The molecule has 2 heterocycles. The first-order valence-corrected chi connectivity index (χ1v) is 9.15. The number of urea groups is 1. The van der Waals surface area contributed by atoms with Gasteiger partial charge in [0.1, 0.15) is 5.54 Å². The lowest BCUT2D eigenvalue weighted by atomic mass is 9.75. The minimum atomic E-state index is -4.23. The lowest BCUT2D eigenvalue weighted by Gasteiger charge is -2.36. The van der Waals surface area contributed by atoms with Gasteiger partial charge in [-0.1, -0.05) is 19.3 Å². The Hall–Kier alpha value is -1.31. The Balaban J connectivity index is 1.66. The smallest absolute Gasteiger partial charge is 0.323 e. The summed E-state index contributed by atoms with van der Waals surface area (Å²) >= 11 is 0. The summed E-state index contributed by atoms with van der Waals surface area (Å²) < 4.78 is 38.9. The Kier molecular flexibility index (Phi) is 5.01. The molecule has 0 unspecified atom stereocenters. The molecule has 0 aromatic rings. The average molecular weight is 361 g/mol. The number of piperidine rings is 1. The first-order chi connectivity index (χ1) is 11.7. The minimum Gasteiger partial charge on any atom is -0.323 e. The maximum atomic E-state index is 13.0. The number of nitrogens with zero attached hydrogens (tertiary/aromatic N) is 2. The third-order valence-electron chi connectivity index (χ3n) is 6.03. The highest BCUT2D eigenvalue weighted by atomic mass is 19.4. The molecule has 1 saturated carbocycles. The fraction of sp³-hybridized carbons (Fsp3) is 0.882. The second-order valence-corrected chi connectivity index (χ2v) is 7.80. The van der Waals surface area contributed by atoms with E-state index in [0.29, 0.717) is 13.0 Å². The summed E-state index contributed by atoms with van der Waals surface area (Å²) in [6.07, 6.45) is 1.34. The molecule has 3 amide bonds. The van der Waals surface area contributed by atoms with Crippen molar-refractivity contribution in [3.05, 3.63) is 0 Å². The Morgan fingerprint density at radius 3 is 2.44 bits per heavy atom. The van der Waals surface area contributed by atoms with E-state index in [9.17, 15) is 22.8 Å². The second kappa shape index (κ2) is 6.78. The summed E-state index contributed by atoms with van der Waals surface area (Å²) in [5.74, 6) is -1.57. The van der Waals surface area contributed by atoms with Crippen molar-refractivity contribution in [2.75, 3.05) is 19.8 Å². The van der Waals surface area contributed by atoms with Crippen molar-refractivity contribution < 1.29 is 22.8 Å². The average Bonchev–Trinajstić information content (AvgIpc) is 2.80. The zero-order chi connectivity index (χ0) is 18.2. The molecule has 0 radical (unpaired) electrons. The Morgan fingerprint density at radius 2 is 1.80 bits per heavy atom. The third-order valence-corrected chi connectivity index (χ3v) is 6.03. The molecule has 142 valence electrons. The van der Waals surface area contributed by atoms with Crippen LogP contribution in [0.4, 0.5) is 18.0 Å². The Morgan fingerprint density at radius 1 is 1.12 bits per heavy atom. The van der Waals surface area contributed by atoms with E-state index < -0.39 is 23.7 Å². The van der Waals surface area contributed by atoms with Gasteiger partial charge in [-0.3, -0.25) is 9.69 Å². The fourth-order valence-electron chi connectivity index (χ4n) is 4.45. The zero-order valence-electron chi connectivity index (χ0n) is 14.6. The topological polar surface area (TPSA) is 52.7 Å². The van der Waals surface area contributed by atoms with Crippen molar-refractivity contribution in [2.45, 2.75) is 63.6 Å². The normalized spacial score (nSPS) is 33.0. The van der Waals surface area contributed by atoms with Gasteiger partial charge in [0, 0.05) is 6.54 Å². The summed E-state index contributed by atoms with van der Waals surface area (Å²) in [4.78, 5) is 27.9. The van der Waals surface area contributed by atoms with Crippen molar-refractivity contribution in [3.8, 4) is 0 Å². The van der Waals surface area contributed by atoms with Gasteiger partial charge >= 0.3 is 12.2 Å². The highest BCUT2D eigenvalue weighted by Crippen LogP contribution is 2.37. The van der Waals surface area contributed by atoms with Crippen LogP contribution in [0.15, 0.2) is 0 Å². The highest BCUT2D eigenvalue weighted by molar-refractivity contribution is 6.07. The van der Waals surface area contributed by atoms with Crippen LogP contribution in [0.2, 0.25) is 0 Å². The molecule has 0 aromatic heterocycles. The molecule has 3 aliphatic rings. The van der Waals surface area contributed by atoms with Gasteiger partial charge in [0.25, 0.3) is 5.91 Å². The molecule has 2 atom stereocenters. The van der Waals surface area contributed by atoms with Crippen molar-refractivity contribution in [1.29, 1.82) is 0 Å². The Labute approximate surface area is 145 Å². The molecule has 8 heteroatoms. The quantitative estimate of drug-likeness (QED) is 0.786. The van der Waals surface area contributed by atoms with Gasteiger partial charge in [-0.25, -0.2) is 9.69 Å². The van der Waals surface area contributed by atoms with E-state index in [-0.39, 0.29) is 31.5 Å². The molecule has 2 saturated heterocycles. The van der Waals surface area contributed by atoms with Gasteiger partial charge in [0.05, 0.1) is 12.6 Å². The number of halogens is 3. The van der Waals surface area contributed by atoms with E-state index in [1.165, 1.54) is 0 Å². The standard InChI is InChI=1S/C17H26F3N3O2/c1-16(12-6-3-2-4-7-12)14(24)23(15(25)21-16)11-22-9-5-8-13(10-22)17(18,19)20/h12-13H,2-11H2,1H3,(H,21,25)/t13-,16+/m1/s1. The highest BCUT2D eigenvalue weighted by Gasteiger charge is 2.53. The molecule has 25 heavy (non-hydrogen) atoms. The summed E-state index contributed by atoms with van der Waals surface area (Å²) in [7, 11) is 0. The molecule has 0 spiro atoms. The lowest BCUT2D eigenvalue weighted by Crippen LogP contribution is -2.52. The Bertz CT molecular complexity index is 534. The summed E-state index contributed by atoms with van der Waals surface area (Å²) in [6.45, 7) is 2.03. The lowest BCUT2D eigenvalue weighted by molar-refractivity contribution is -0.187. The number of hydrogen-bond acceptors (Lipinski definition) is 3. The van der Waals surface area contributed by atoms with Crippen molar-refractivity contribution in [3.63, 3.8) is 0 Å². The molecule has 2 aliphatic heterocycles. The van der Waals surface area contributed by atoms with Crippen LogP contribution in [0, 0.1) is 11.8 Å². The van der Waals surface area contributed by atoms with Crippen LogP contribution in [-0.4, -0.2) is 53.2 Å². The maximum Gasteiger partial charge on any atom is 0.393 e. The monoisotopic (exact) mass is 361 g/mol. The first kappa shape index (κ1) is 18.5. The van der Waals surface area contributed by atoms with Crippen molar-refractivity contribution in [2.24, 2.45) is 11.8 Å². The van der Waals surface area contributed by atoms with Crippen LogP contribution in [0.5, 0.6) is 0 Å². The van der Waals surface area contributed by atoms with Crippen LogP contribution >= 0.6 is 0 Å². The van der Waals surface area contributed by atoms with Gasteiger partial charge in [-0.15, -0.1) is 0 Å². The van der Waals surface area contributed by atoms with Gasteiger partial charge in [-0.2, -0.15) is 13.2 Å². The third kappa shape index (κ3) is 3.64. The SMILES string of the molecule is C[C@@]1(C2CCCCC2)NC(=O)N(CN2CCC[C@@H](C(F)(F)F)C2)C1=O. The van der Waals surface area contributed by atoms with Crippen LogP contribution in [0.25, 0.3) is 0 Å². The molecule has 5 nitrogen and oxygen atoms in total. The van der Waals surface area contributed by atoms with E-state index in [1.807, 2.05) is 0 Å². The molecule has 3 fully saturated rings. The molecule has 0 bridgehead atoms. The summed E-state index contributed by atoms with van der Waals surface area (Å²) in [6, 6.07) is -0.479. The largest absolute Gasteiger partial charge is 0.393 e. The van der Waals surface area contributed by atoms with Crippen molar-refractivity contribution in [1.82, 2.24) is 15.1 Å². The molecular weight excluding hydrogens is 335 g/mol. The number of nitrogens with one attached hydrogen (secondary N) is 1. The number of imide groups is 1. The van der Waals surface area contributed by atoms with Crippen molar-refractivity contribution >= 4 is 11.9 Å². The van der Waals surface area contributed by atoms with E-state index in [4.69, 9.17) is 0 Å². The van der Waals surface area contributed by atoms with Crippen LogP contribution < -0.4 is 5.32 Å². The molecule has 1 N–H and O–H groups in total. The number of alkyl halides is 3. The van der Waals surface area contributed by atoms with Crippen LogP contribution in [0.1, 0.15) is 51.9 Å². The van der Waals surface area contributed by atoms with Crippen LogP contribution in [-0.2, 0) is 4.79 Å². The van der Waals surface area contributed by atoms with E-state index in [2.05, 4.69) is 5.32 Å². The second-order valence-electron chi connectivity index (χ2n) is 7.80. The maximum absolute atomic E-state index is 13.0. The minimum absolute atomic E-state index is 0.0560. The van der Waals surface area contributed by atoms with Crippen LogP contribution in [0.3, 0.4) is 0 Å². The van der Waals surface area contributed by atoms with E-state index in [0.717, 1.165) is 37.0 Å². The van der Waals surface area contributed by atoms with Gasteiger partial charge in [0.15, 0.2) is 0 Å². The van der Waals surface area contributed by atoms with E-state index in [1.54, 1.807) is 11.8 Å². The number of carbonyl (C=O) groups is 2. The number of rotatable bonds is 3. The molecule has 1 aliphatic carbocycles. The first-order valence-electron chi connectivity index (χ1n) is 9.15. The van der Waals surface area contributed by atoms with Gasteiger partial charge in [-0.05, 0) is 45.1 Å². The zero-order valence-corrected chi connectivity index (χ0v) is 14.6. The predicted octanol–water partition coefficient (Wildman–Crippen LogP) is 3.11.